The molecule has 0 atom stereocenters. The van der Waals surface area contributed by atoms with Crippen LogP contribution in [-0.2, 0) is 9.59 Å². The molecule has 1 heterocycles. The predicted octanol–water partition coefficient (Wildman–Crippen LogP) is 3.06. The van der Waals surface area contributed by atoms with Crippen molar-refractivity contribution in [3.05, 3.63) is 24.0 Å². The predicted molar refractivity (Wildman–Crippen MR) is 93.6 cm³/mol. The van der Waals surface area contributed by atoms with Crippen LogP contribution in [0, 0.1) is 5.82 Å². The molecule has 6 heteroatoms. The van der Waals surface area contributed by atoms with E-state index in [1.54, 1.807) is 12.1 Å². The van der Waals surface area contributed by atoms with Crippen molar-refractivity contribution in [3.8, 4) is 0 Å². The Bertz CT molecular complexity index is 571. The first-order valence-corrected chi connectivity index (χ1v) is 8.65. The van der Waals surface area contributed by atoms with Crippen LogP contribution in [0.25, 0.3) is 0 Å². The third kappa shape index (κ3) is 5.83. The first-order valence-electron chi connectivity index (χ1n) is 8.65. The molecule has 0 unspecified atom stereocenters. The van der Waals surface area contributed by atoms with Crippen molar-refractivity contribution in [1.29, 1.82) is 0 Å². The van der Waals surface area contributed by atoms with E-state index in [9.17, 15) is 14.0 Å². The van der Waals surface area contributed by atoms with E-state index in [1.165, 1.54) is 13.0 Å². The molecule has 1 fully saturated rings. The van der Waals surface area contributed by atoms with Gasteiger partial charge in [-0.05, 0) is 43.9 Å². The Kier molecular flexibility index (Phi) is 7.03. The van der Waals surface area contributed by atoms with Gasteiger partial charge in [-0.25, -0.2) is 4.39 Å². The Hall–Kier alpha value is -2.11. The lowest BCUT2D eigenvalue weighted by Gasteiger charge is -2.18. The number of amides is 2. The van der Waals surface area contributed by atoms with Crippen LogP contribution in [0.2, 0.25) is 0 Å². The molecule has 132 valence electrons. The molecular formula is C18H26FN3O2. The van der Waals surface area contributed by atoms with Crippen molar-refractivity contribution >= 4 is 23.2 Å². The van der Waals surface area contributed by atoms with Crippen LogP contribution in [0.3, 0.4) is 0 Å². The molecule has 24 heavy (non-hydrogen) atoms. The summed E-state index contributed by atoms with van der Waals surface area (Å²) in [6.45, 7) is 3.91. The Morgan fingerprint density at radius 1 is 1.17 bits per heavy atom. The number of unbranched alkanes of at least 4 members (excludes halogenated alkanes) is 2. The van der Waals surface area contributed by atoms with Crippen LogP contribution >= 0.6 is 0 Å². The number of nitrogens with one attached hydrogen (secondary N) is 2. The minimum atomic E-state index is -0.287. The highest BCUT2D eigenvalue weighted by atomic mass is 19.1. The van der Waals surface area contributed by atoms with Crippen LogP contribution < -0.4 is 15.5 Å². The third-order valence-electron chi connectivity index (χ3n) is 4.13. The number of carbonyl (C=O) groups is 2. The van der Waals surface area contributed by atoms with Crippen LogP contribution in [0.4, 0.5) is 15.8 Å². The summed E-state index contributed by atoms with van der Waals surface area (Å²) >= 11 is 0. The van der Waals surface area contributed by atoms with E-state index < -0.39 is 0 Å². The van der Waals surface area contributed by atoms with Crippen LogP contribution in [0.15, 0.2) is 18.2 Å². The molecule has 2 amide bonds. The molecule has 0 aliphatic carbocycles. The summed E-state index contributed by atoms with van der Waals surface area (Å²) in [4.78, 5) is 24.6. The maximum Gasteiger partial charge on any atom is 0.224 e. The number of nitrogens with zero attached hydrogens (tertiary/aromatic N) is 1. The van der Waals surface area contributed by atoms with E-state index in [0.717, 1.165) is 45.2 Å². The molecule has 0 saturated carbocycles. The smallest absolute Gasteiger partial charge is 0.224 e. The highest BCUT2D eigenvalue weighted by molar-refractivity contribution is 5.90. The summed E-state index contributed by atoms with van der Waals surface area (Å²) < 4.78 is 14.2. The third-order valence-corrected chi connectivity index (χ3v) is 4.13. The first kappa shape index (κ1) is 18.2. The number of hydrogen-bond donors (Lipinski definition) is 2. The summed E-state index contributed by atoms with van der Waals surface area (Å²) in [7, 11) is 0. The van der Waals surface area contributed by atoms with Gasteiger partial charge >= 0.3 is 0 Å². The minimum absolute atomic E-state index is 0.0350. The second-order valence-corrected chi connectivity index (χ2v) is 6.20. The lowest BCUT2D eigenvalue weighted by atomic mass is 10.2. The monoisotopic (exact) mass is 335 g/mol. The molecule has 2 N–H and O–H groups in total. The largest absolute Gasteiger partial charge is 0.369 e. The lowest BCUT2D eigenvalue weighted by molar-refractivity contribution is -0.119. The number of rotatable bonds is 8. The van der Waals surface area contributed by atoms with Gasteiger partial charge in [0.1, 0.15) is 5.82 Å². The number of halogens is 1. The second kappa shape index (κ2) is 9.25. The maximum atomic E-state index is 14.2. The molecule has 1 aromatic carbocycles. The van der Waals surface area contributed by atoms with Gasteiger partial charge < -0.3 is 15.5 Å². The summed E-state index contributed by atoms with van der Waals surface area (Å²) in [6.07, 6.45) is 5.07. The van der Waals surface area contributed by atoms with Gasteiger partial charge in [0.05, 0.1) is 5.69 Å². The van der Waals surface area contributed by atoms with Crippen LogP contribution in [0.1, 0.15) is 45.4 Å². The summed E-state index contributed by atoms with van der Waals surface area (Å²) in [5.74, 6) is -0.431. The van der Waals surface area contributed by atoms with Gasteiger partial charge in [0.25, 0.3) is 0 Å². The van der Waals surface area contributed by atoms with Crippen molar-refractivity contribution < 1.29 is 14.0 Å². The number of hydrogen-bond acceptors (Lipinski definition) is 3. The first-order chi connectivity index (χ1) is 11.6. The fraction of sp³-hybridized carbons (Fsp3) is 0.556. The maximum absolute atomic E-state index is 14.2. The summed E-state index contributed by atoms with van der Waals surface area (Å²) in [5, 5.41) is 5.47. The molecule has 1 aliphatic rings. The van der Waals surface area contributed by atoms with Crippen molar-refractivity contribution in [1.82, 2.24) is 5.32 Å². The molecule has 1 aromatic rings. The van der Waals surface area contributed by atoms with E-state index in [-0.39, 0.29) is 17.6 Å². The van der Waals surface area contributed by atoms with E-state index >= 15 is 0 Å². The molecule has 0 spiro atoms. The van der Waals surface area contributed by atoms with Crippen LogP contribution in [0.5, 0.6) is 0 Å². The molecule has 2 rings (SSSR count). The average Bonchev–Trinajstić information content (AvgIpc) is 3.04. The van der Waals surface area contributed by atoms with Gasteiger partial charge in [0, 0.05) is 38.7 Å². The highest BCUT2D eigenvalue weighted by Crippen LogP contribution is 2.26. The molecule has 0 aromatic heterocycles. The quantitative estimate of drug-likeness (QED) is 0.718. The topological polar surface area (TPSA) is 61.4 Å². The standard InChI is InChI=1S/C18H26FN3O2/c1-14(23)20-10-4-2-3-7-18(24)21-15-8-9-17(16(19)13-15)22-11-5-6-12-22/h8-9,13H,2-7,10-12H2,1H3,(H,20,23)(H,21,24). The van der Waals surface area contributed by atoms with Gasteiger partial charge in [-0.3, -0.25) is 9.59 Å². The van der Waals surface area contributed by atoms with Gasteiger partial charge in [-0.1, -0.05) is 6.42 Å². The van der Waals surface area contributed by atoms with E-state index in [0.29, 0.717) is 24.3 Å². The molecule has 1 saturated heterocycles. The minimum Gasteiger partial charge on any atom is -0.369 e. The van der Waals surface area contributed by atoms with Crippen molar-refractivity contribution in [2.75, 3.05) is 29.9 Å². The van der Waals surface area contributed by atoms with E-state index in [2.05, 4.69) is 10.6 Å². The van der Waals surface area contributed by atoms with Crippen molar-refractivity contribution in [2.45, 2.75) is 45.4 Å². The normalized spacial score (nSPS) is 13.8. The fourth-order valence-electron chi connectivity index (χ4n) is 2.87. The zero-order valence-electron chi connectivity index (χ0n) is 14.2. The average molecular weight is 335 g/mol. The SMILES string of the molecule is CC(=O)NCCCCCC(=O)Nc1ccc(N2CCCC2)c(F)c1. The molecule has 0 radical (unpaired) electrons. The Balaban J connectivity index is 1.71. The van der Waals surface area contributed by atoms with E-state index in [1.807, 2.05) is 4.90 Å². The Labute approximate surface area is 142 Å². The second-order valence-electron chi connectivity index (χ2n) is 6.20. The van der Waals surface area contributed by atoms with Gasteiger partial charge in [-0.15, -0.1) is 0 Å². The highest BCUT2D eigenvalue weighted by Gasteiger charge is 2.16. The molecule has 0 bridgehead atoms. The number of benzene rings is 1. The number of anilines is 2. The fourth-order valence-corrected chi connectivity index (χ4v) is 2.87. The molecule has 5 nitrogen and oxygen atoms in total. The van der Waals surface area contributed by atoms with Gasteiger partial charge in [-0.2, -0.15) is 0 Å². The summed E-state index contributed by atoms with van der Waals surface area (Å²) in [6, 6.07) is 4.89. The van der Waals surface area contributed by atoms with Gasteiger partial charge in [0.15, 0.2) is 0 Å². The van der Waals surface area contributed by atoms with Crippen molar-refractivity contribution in [2.24, 2.45) is 0 Å². The lowest BCUT2D eigenvalue weighted by Crippen LogP contribution is -2.20. The molecular weight excluding hydrogens is 309 g/mol. The van der Waals surface area contributed by atoms with Crippen LogP contribution in [-0.4, -0.2) is 31.4 Å². The zero-order chi connectivity index (χ0) is 17.4. The Morgan fingerprint density at radius 3 is 2.58 bits per heavy atom. The van der Waals surface area contributed by atoms with Gasteiger partial charge in [0.2, 0.25) is 11.8 Å². The molecule has 1 aliphatic heterocycles. The zero-order valence-corrected chi connectivity index (χ0v) is 14.2. The van der Waals surface area contributed by atoms with E-state index in [4.69, 9.17) is 0 Å². The summed E-state index contributed by atoms with van der Waals surface area (Å²) in [5.41, 5.74) is 1.11. The number of carbonyl (C=O) groups excluding carboxylic acids is 2. The van der Waals surface area contributed by atoms with Crippen molar-refractivity contribution in [3.63, 3.8) is 0 Å². The Morgan fingerprint density at radius 2 is 1.92 bits per heavy atom.